The maximum atomic E-state index is 13.0. The summed E-state index contributed by atoms with van der Waals surface area (Å²) in [5, 5.41) is 3.09. The van der Waals surface area contributed by atoms with Crippen LogP contribution in [0.15, 0.2) is 77.7 Å². The van der Waals surface area contributed by atoms with E-state index in [1.54, 1.807) is 61.5 Å². The van der Waals surface area contributed by atoms with Crippen molar-refractivity contribution in [1.82, 2.24) is 9.97 Å². The van der Waals surface area contributed by atoms with Gasteiger partial charge in [-0.2, -0.15) is 0 Å². The van der Waals surface area contributed by atoms with Crippen LogP contribution in [-0.2, 0) is 14.8 Å². The molecule has 0 aliphatic carbocycles. The monoisotopic (exact) mass is 462 g/mol. The van der Waals surface area contributed by atoms with Gasteiger partial charge in [-0.05, 0) is 62.4 Å². The molecule has 0 fully saturated rings. The van der Waals surface area contributed by atoms with Crippen LogP contribution in [0.5, 0.6) is 0 Å². The SMILES string of the molecule is CCOC(=O)c1ccc(Nc2nc3ccccc3nc2NS(=O)(=O)c2ccc(C)cc2)cc1. The smallest absolute Gasteiger partial charge is 0.338 e. The van der Waals surface area contributed by atoms with Crippen LogP contribution in [-0.4, -0.2) is 31.0 Å². The van der Waals surface area contributed by atoms with Crippen LogP contribution in [0, 0.1) is 6.92 Å². The molecular formula is C24H22N4O4S. The Morgan fingerprint density at radius 3 is 2.09 bits per heavy atom. The van der Waals surface area contributed by atoms with E-state index >= 15 is 0 Å². The maximum absolute atomic E-state index is 13.0. The lowest BCUT2D eigenvalue weighted by Crippen LogP contribution is -2.16. The van der Waals surface area contributed by atoms with Crippen LogP contribution < -0.4 is 10.0 Å². The molecule has 0 saturated heterocycles. The zero-order valence-electron chi connectivity index (χ0n) is 18.1. The largest absolute Gasteiger partial charge is 0.462 e. The molecule has 9 heteroatoms. The Kier molecular flexibility index (Phi) is 6.23. The Morgan fingerprint density at radius 1 is 0.879 bits per heavy atom. The second kappa shape index (κ2) is 9.25. The van der Waals surface area contributed by atoms with Crippen LogP contribution in [0.1, 0.15) is 22.8 Å². The Hall–Kier alpha value is -3.98. The number of benzene rings is 3. The van der Waals surface area contributed by atoms with E-state index in [1.807, 2.05) is 13.0 Å². The van der Waals surface area contributed by atoms with Crippen molar-refractivity contribution in [2.75, 3.05) is 16.6 Å². The number of anilines is 3. The molecule has 0 spiro atoms. The van der Waals surface area contributed by atoms with Crippen molar-refractivity contribution in [3.05, 3.63) is 83.9 Å². The molecular weight excluding hydrogens is 440 g/mol. The maximum Gasteiger partial charge on any atom is 0.338 e. The number of hydrogen-bond acceptors (Lipinski definition) is 7. The predicted octanol–water partition coefficient (Wildman–Crippen LogP) is 4.66. The first-order valence-corrected chi connectivity index (χ1v) is 11.7. The van der Waals surface area contributed by atoms with Gasteiger partial charge in [-0.3, -0.25) is 4.72 Å². The summed E-state index contributed by atoms with van der Waals surface area (Å²) in [4.78, 5) is 21.0. The van der Waals surface area contributed by atoms with Gasteiger partial charge in [0.15, 0.2) is 11.6 Å². The first-order valence-electron chi connectivity index (χ1n) is 10.3. The molecule has 0 aliphatic rings. The number of para-hydroxylation sites is 2. The van der Waals surface area contributed by atoms with Crippen LogP contribution >= 0.6 is 0 Å². The number of aryl methyl sites for hydroxylation is 1. The number of nitrogens with zero attached hydrogens (tertiary/aromatic N) is 2. The lowest BCUT2D eigenvalue weighted by Gasteiger charge is -2.14. The summed E-state index contributed by atoms with van der Waals surface area (Å²) >= 11 is 0. The average Bonchev–Trinajstić information content (AvgIpc) is 2.80. The number of carbonyl (C=O) groups excluding carboxylic acids is 1. The second-order valence-electron chi connectivity index (χ2n) is 7.25. The van der Waals surface area contributed by atoms with E-state index < -0.39 is 16.0 Å². The highest BCUT2D eigenvalue weighted by molar-refractivity contribution is 7.92. The Balaban J connectivity index is 1.69. The van der Waals surface area contributed by atoms with Crippen molar-refractivity contribution in [2.24, 2.45) is 0 Å². The van der Waals surface area contributed by atoms with E-state index in [4.69, 9.17) is 4.74 Å². The van der Waals surface area contributed by atoms with Crippen molar-refractivity contribution in [2.45, 2.75) is 18.7 Å². The highest BCUT2D eigenvalue weighted by Gasteiger charge is 2.19. The van der Waals surface area contributed by atoms with Crippen LogP contribution in [0.2, 0.25) is 0 Å². The minimum Gasteiger partial charge on any atom is -0.462 e. The fourth-order valence-electron chi connectivity index (χ4n) is 3.10. The topological polar surface area (TPSA) is 110 Å². The van der Waals surface area contributed by atoms with E-state index in [1.165, 1.54) is 12.1 Å². The third-order valence-electron chi connectivity index (χ3n) is 4.79. The zero-order chi connectivity index (χ0) is 23.4. The molecule has 168 valence electrons. The van der Waals surface area contributed by atoms with Crippen LogP contribution in [0.25, 0.3) is 11.0 Å². The molecule has 3 aromatic carbocycles. The van der Waals surface area contributed by atoms with Crippen molar-refractivity contribution >= 4 is 44.3 Å². The van der Waals surface area contributed by atoms with Gasteiger partial charge in [0.05, 0.1) is 28.1 Å². The third-order valence-corrected chi connectivity index (χ3v) is 6.15. The summed E-state index contributed by atoms with van der Waals surface area (Å²) in [6.07, 6.45) is 0. The first-order chi connectivity index (χ1) is 15.9. The Labute approximate surface area is 191 Å². The lowest BCUT2D eigenvalue weighted by atomic mass is 10.2. The van der Waals surface area contributed by atoms with E-state index in [2.05, 4.69) is 20.0 Å². The number of esters is 1. The molecule has 33 heavy (non-hydrogen) atoms. The van der Waals surface area contributed by atoms with Gasteiger partial charge in [-0.15, -0.1) is 0 Å². The molecule has 0 unspecified atom stereocenters. The highest BCUT2D eigenvalue weighted by Crippen LogP contribution is 2.27. The molecule has 0 atom stereocenters. The number of sulfonamides is 1. The fourth-order valence-corrected chi connectivity index (χ4v) is 4.11. The molecule has 0 radical (unpaired) electrons. The molecule has 1 heterocycles. The first kappa shape index (κ1) is 22.2. The number of carbonyl (C=O) groups is 1. The van der Waals surface area contributed by atoms with E-state index in [9.17, 15) is 13.2 Å². The molecule has 0 saturated carbocycles. The van der Waals surface area contributed by atoms with E-state index in [0.29, 0.717) is 22.3 Å². The molecule has 4 rings (SSSR count). The number of fused-ring (bicyclic) bond motifs is 1. The predicted molar refractivity (Wildman–Crippen MR) is 127 cm³/mol. The summed E-state index contributed by atoms with van der Waals surface area (Å²) in [5.74, 6) is -0.127. The summed E-state index contributed by atoms with van der Waals surface area (Å²) in [7, 11) is -3.89. The minimum atomic E-state index is -3.89. The van der Waals surface area contributed by atoms with Gasteiger partial charge in [0.1, 0.15) is 0 Å². The van der Waals surface area contributed by atoms with Gasteiger partial charge in [-0.25, -0.2) is 23.2 Å². The number of aromatic nitrogens is 2. The summed E-state index contributed by atoms with van der Waals surface area (Å²) in [6.45, 7) is 3.91. The average molecular weight is 463 g/mol. The fraction of sp³-hybridized carbons (Fsp3) is 0.125. The minimum absolute atomic E-state index is 0.0590. The van der Waals surface area contributed by atoms with Crippen molar-refractivity contribution < 1.29 is 17.9 Å². The summed E-state index contributed by atoms with van der Waals surface area (Å²) in [6, 6.07) is 20.3. The molecule has 0 amide bonds. The Bertz CT molecular complexity index is 1400. The normalized spacial score (nSPS) is 11.2. The van der Waals surface area contributed by atoms with E-state index in [-0.39, 0.29) is 23.1 Å². The number of nitrogens with one attached hydrogen (secondary N) is 2. The van der Waals surface area contributed by atoms with E-state index in [0.717, 1.165) is 5.56 Å². The highest BCUT2D eigenvalue weighted by atomic mass is 32.2. The van der Waals surface area contributed by atoms with Gasteiger partial charge in [0.2, 0.25) is 0 Å². The van der Waals surface area contributed by atoms with Gasteiger partial charge in [-0.1, -0.05) is 29.8 Å². The van der Waals surface area contributed by atoms with Gasteiger partial charge >= 0.3 is 5.97 Å². The van der Waals surface area contributed by atoms with Crippen LogP contribution in [0.3, 0.4) is 0 Å². The standard InChI is InChI=1S/C24H22N4O4S/c1-3-32-24(29)17-10-12-18(13-11-17)25-22-23(27-21-7-5-4-6-20(21)26-22)28-33(30,31)19-14-8-16(2)9-15-19/h4-15H,3H2,1-2H3,(H,25,26)(H,27,28). The third kappa shape index (κ3) is 5.09. The molecule has 0 aliphatic heterocycles. The number of hydrogen-bond donors (Lipinski definition) is 2. The molecule has 4 aromatic rings. The van der Waals surface area contributed by atoms with Gasteiger partial charge in [0, 0.05) is 5.69 Å². The molecule has 1 aromatic heterocycles. The number of ether oxygens (including phenoxy) is 1. The second-order valence-corrected chi connectivity index (χ2v) is 8.93. The Morgan fingerprint density at radius 2 is 1.48 bits per heavy atom. The van der Waals surface area contributed by atoms with Gasteiger partial charge in [0.25, 0.3) is 10.0 Å². The van der Waals surface area contributed by atoms with Crippen molar-refractivity contribution in [1.29, 1.82) is 0 Å². The summed E-state index contributed by atoms with van der Waals surface area (Å²) in [5.41, 5.74) is 3.10. The van der Waals surface area contributed by atoms with Crippen molar-refractivity contribution in [3.63, 3.8) is 0 Å². The number of rotatable bonds is 7. The summed E-state index contributed by atoms with van der Waals surface area (Å²) < 4.78 is 33.5. The zero-order valence-corrected chi connectivity index (χ0v) is 18.9. The molecule has 8 nitrogen and oxygen atoms in total. The quantitative estimate of drug-likeness (QED) is 0.384. The van der Waals surface area contributed by atoms with Gasteiger partial charge < -0.3 is 10.1 Å². The molecule has 0 bridgehead atoms. The van der Waals surface area contributed by atoms with Crippen molar-refractivity contribution in [3.8, 4) is 0 Å². The lowest BCUT2D eigenvalue weighted by molar-refractivity contribution is 0.0526. The van der Waals surface area contributed by atoms with Crippen LogP contribution in [0.4, 0.5) is 17.3 Å². The molecule has 2 N–H and O–H groups in total.